The molecule has 1 fully saturated rings. The van der Waals surface area contributed by atoms with Crippen molar-refractivity contribution in [3.63, 3.8) is 0 Å². The Labute approximate surface area is 120 Å². The quantitative estimate of drug-likeness (QED) is 0.622. The van der Waals surface area contributed by atoms with Crippen molar-refractivity contribution < 1.29 is 19.4 Å². The van der Waals surface area contributed by atoms with Crippen LogP contribution in [0.1, 0.15) is 45.4 Å². The van der Waals surface area contributed by atoms with Crippen molar-refractivity contribution in [3.8, 4) is 0 Å². The van der Waals surface area contributed by atoms with E-state index in [0.29, 0.717) is 31.9 Å². The van der Waals surface area contributed by atoms with Crippen molar-refractivity contribution in [3.05, 3.63) is 0 Å². The van der Waals surface area contributed by atoms with Gasteiger partial charge in [-0.1, -0.05) is 19.8 Å². The van der Waals surface area contributed by atoms with E-state index in [0.717, 1.165) is 25.7 Å². The van der Waals surface area contributed by atoms with Gasteiger partial charge in [-0.05, 0) is 31.6 Å². The number of carbonyl (C=O) groups excluding carboxylic acids is 1. The molecule has 6 heteroatoms. The molecule has 0 aliphatic heterocycles. The van der Waals surface area contributed by atoms with Crippen LogP contribution < -0.4 is 10.6 Å². The Morgan fingerprint density at radius 1 is 1.40 bits per heavy atom. The Morgan fingerprint density at radius 3 is 2.75 bits per heavy atom. The number of unbranched alkanes of at least 4 members (excludes halogenated alkanes) is 1. The number of ether oxygens (including phenoxy) is 1. The van der Waals surface area contributed by atoms with Crippen LogP contribution in [-0.4, -0.2) is 42.9 Å². The Morgan fingerprint density at radius 2 is 2.15 bits per heavy atom. The van der Waals surface area contributed by atoms with Crippen molar-refractivity contribution in [2.24, 2.45) is 5.92 Å². The highest BCUT2D eigenvalue weighted by Crippen LogP contribution is 2.32. The van der Waals surface area contributed by atoms with Gasteiger partial charge in [-0.25, -0.2) is 9.59 Å². The second-order valence-corrected chi connectivity index (χ2v) is 5.67. The molecule has 0 saturated heterocycles. The Bertz CT molecular complexity index is 335. The summed E-state index contributed by atoms with van der Waals surface area (Å²) in [5.41, 5.74) is -1.10. The van der Waals surface area contributed by atoms with Crippen LogP contribution >= 0.6 is 0 Å². The summed E-state index contributed by atoms with van der Waals surface area (Å²) >= 11 is 0. The molecule has 116 valence electrons. The number of aliphatic carboxylic acids is 1. The number of carboxylic acid groups (broad SMARTS) is 1. The fourth-order valence-electron chi connectivity index (χ4n) is 2.75. The van der Waals surface area contributed by atoms with Gasteiger partial charge in [0.2, 0.25) is 0 Å². The standard InChI is InChI=1S/C14H26N2O4/c1-11-6-5-7-14(10-11,12(17)18)16-13(19)15-8-3-4-9-20-2/h11H,3-10H2,1-2H3,(H,17,18)(H2,15,16,19). The van der Waals surface area contributed by atoms with Crippen molar-refractivity contribution in [1.82, 2.24) is 10.6 Å². The number of rotatable bonds is 7. The molecule has 1 saturated carbocycles. The molecular formula is C14H26N2O4. The van der Waals surface area contributed by atoms with E-state index in [1.807, 2.05) is 6.92 Å². The Balaban J connectivity index is 2.41. The summed E-state index contributed by atoms with van der Waals surface area (Å²) in [6, 6.07) is -0.390. The van der Waals surface area contributed by atoms with E-state index in [-0.39, 0.29) is 6.03 Å². The highest BCUT2D eigenvalue weighted by Gasteiger charge is 2.43. The van der Waals surface area contributed by atoms with Gasteiger partial charge in [0.1, 0.15) is 5.54 Å². The maximum absolute atomic E-state index is 11.8. The zero-order chi connectivity index (χ0) is 15.0. The van der Waals surface area contributed by atoms with Crippen LogP contribution in [0.3, 0.4) is 0 Å². The molecule has 0 spiro atoms. The summed E-state index contributed by atoms with van der Waals surface area (Å²) in [6.45, 7) is 3.22. The molecule has 0 aromatic rings. The average Bonchev–Trinajstić information content (AvgIpc) is 2.38. The minimum Gasteiger partial charge on any atom is -0.480 e. The summed E-state index contributed by atoms with van der Waals surface area (Å²) in [5.74, 6) is -0.611. The van der Waals surface area contributed by atoms with Gasteiger partial charge < -0.3 is 20.5 Å². The minimum atomic E-state index is -1.10. The maximum Gasteiger partial charge on any atom is 0.329 e. The molecule has 1 rings (SSSR count). The van der Waals surface area contributed by atoms with Crippen LogP contribution in [0.2, 0.25) is 0 Å². The fraction of sp³-hybridized carbons (Fsp3) is 0.857. The number of hydrogen-bond acceptors (Lipinski definition) is 3. The second kappa shape index (κ2) is 8.09. The lowest BCUT2D eigenvalue weighted by molar-refractivity contribution is -0.146. The molecule has 0 aromatic heterocycles. The van der Waals surface area contributed by atoms with Crippen LogP contribution in [0.25, 0.3) is 0 Å². The first kappa shape index (κ1) is 16.8. The molecular weight excluding hydrogens is 260 g/mol. The summed E-state index contributed by atoms with van der Waals surface area (Å²) < 4.78 is 4.92. The second-order valence-electron chi connectivity index (χ2n) is 5.67. The lowest BCUT2D eigenvalue weighted by Gasteiger charge is -2.37. The Hall–Kier alpha value is -1.30. The van der Waals surface area contributed by atoms with Gasteiger partial charge in [0, 0.05) is 20.3 Å². The summed E-state index contributed by atoms with van der Waals surface area (Å²) in [6.07, 6.45) is 4.55. The first-order chi connectivity index (χ1) is 9.50. The van der Waals surface area contributed by atoms with Gasteiger partial charge in [-0.15, -0.1) is 0 Å². The third-order valence-corrected chi connectivity index (χ3v) is 3.82. The number of methoxy groups -OCH3 is 1. The van der Waals surface area contributed by atoms with E-state index in [1.54, 1.807) is 7.11 Å². The molecule has 2 amide bonds. The van der Waals surface area contributed by atoms with E-state index in [1.165, 1.54) is 0 Å². The minimum absolute atomic E-state index is 0.321. The smallest absolute Gasteiger partial charge is 0.329 e. The van der Waals surface area contributed by atoms with Gasteiger partial charge in [-0.2, -0.15) is 0 Å². The fourth-order valence-corrected chi connectivity index (χ4v) is 2.75. The molecule has 0 aromatic carbocycles. The first-order valence-corrected chi connectivity index (χ1v) is 7.28. The van der Waals surface area contributed by atoms with E-state index in [9.17, 15) is 14.7 Å². The number of amides is 2. The summed E-state index contributed by atoms with van der Waals surface area (Å²) in [7, 11) is 1.64. The lowest BCUT2D eigenvalue weighted by atomic mass is 9.76. The normalized spacial score (nSPS) is 26.0. The van der Waals surface area contributed by atoms with Gasteiger partial charge in [0.25, 0.3) is 0 Å². The third-order valence-electron chi connectivity index (χ3n) is 3.82. The topological polar surface area (TPSA) is 87.7 Å². The molecule has 20 heavy (non-hydrogen) atoms. The average molecular weight is 286 g/mol. The van der Waals surface area contributed by atoms with Crippen molar-refractivity contribution in [2.45, 2.75) is 51.0 Å². The number of nitrogens with one attached hydrogen (secondary N) is 2. The summed E-state index contributed by atoms with van der Waals surface area (Å²) in [4.78, 5) is 23.4. The Kier molecular flexibility index (Phi) is 6.78. The number of urea groups is 1. The SMILES string of the molecule is COCCCCNC(=O)NC1(C(=O)O)CCCC(C)C1. The lowest BCUT2D eigenvalue weighted by Crippen LogP contribution is -2.59. The molecule has 2 unspecified atom stereocenters. The number of carboxylic acids is 1. The number of hydrogen-bond donors (Lipinski definition) is 3. The number of carbonyl (C=O) groups is 2. The largest absolute Gasteiger partial charge is 0.480 e. The van der Waals surface area contributed by atoms with Crippen molar-refractivity contribution >= 4 is 12.0 Å². The van der Waals surface area contributed by atoms with E-state index in [4.69, 9.17) is 4.74 Å². The molecule has 6 nitrogen and oxygen atoms in total. The molecule has 0 radical (unpaired) electrons. The predicted molar refractivity (Wildman–Crippen MR) is 75.6 cm³/mol. The van der Waals surface area contributed by atoms with Gasteiger partial charge >= 0.3 is 12.0 Å². The van der Waals surface area contributed by atoms with Gasteiger partial charge in [0.15, 0.2) is 0 Å². The van der Waals surface area contributed by atoms with Crippen LogP contribution in [0.5, 0.6) is 0 Å². The third kappa shape index (κ3) is 5.00. The molecule has 1 aliphatic carbocycles. The van der Waals surface area contributed by atoms with Crippen LogP contribution in [0, 0.1) is 5.92 Å². The van der Waals surface area contributed by atoms with Crippen LogP contribution in [-0.2, 0) is 9.53 Å². The highest BCUT2D eigenvalue weighted by molar-refractivity contribution is 5.86. The summed E-state index contributed by atoms with van der Waals surface area (Å²) in [5, 5.41) is 14.8. The van der Waals surface area contributed by atoms with E-state index in [2.05, 4.69) is 10.6 Å². The molecule has 3 N–H and O–H groups in total. The zero-order valence-electron chi connectivity index (χ0n) is 12.4. The van der Waals surface area contributed by atoms with Crippen molar-refractivity contribution in [1.29, 1.82) is 0 Å². The predicted octanol–water partition coefficient (Wildman–Crippen LogP) is 1.75. The highest BCUT2D eigenvalue weighted by atomic mass is 16.5. The molecule has 2 atom stereocenters. The van der Waals surface area contributed by atoms with Crippen LogP contribution in [0.4, 0.5) is 4.79 Å². The maximum atomic E-state index is 11.8. The van der Waals surface area contributed by atoms with Crippen molar-refractivity contribution in [2.75, 3.05) is 20.3 Å². The van der Waals surface area contributed by atoms with E-state index < -0.39 is 11.5 Å². The molecule has 1 aliphatic rings. The molecule has 0 bridgehead atoms. The first-order valence-electron chi connectivity index (χ1n) is 7.28. The van der Waals surface area contributed by atoms with E-state index >= 15 is 0 Å². The van der Waals surface area contributed by atoms with Crippen LogP contribution in [0.15, 0.2) is 0 Å². The van der Waals surface area contributed by atoms with Gasteiger partial charge in [0.05, 0.1) is 0 Å². The monoisotopic (exact) mass is 286 g/mol. The molecule has 0 heterocycles. The zero-order valence-corrected chi connectivity index (χ0v) is 12.4. The van der Waals surface area contributed by atoms with Gasteiger partial charge in [-0.3, -0.25) is 0 Å².